The molecule has 110 valence electrons. The predicted octanol–water partition coefficient (Wildman–Crippen LogP) is 4.26. The van der Waals surface area contributed by atoms with Crippen molar-refractivity contribution in [1.29, 1.82) is 0 Å². The molecule has 2 aromatic carbocycles. The van der Waals surface area contributed by atoms with Crippen LogP contribution < -0.4 is 10.6 Å². The van der Waals surface area contributed by atoms with Crippen molar-refractivity contribution in [3.63, 3.8) is 0 Å². The molecule has 0 saturated carbocycles. The zero-order valence-electron chi connectivity index (χ0n) is 12.5. The number of anilines is 3. The molecule has 21 heavy (non-hydrogen) atoms. The van der Waals surface area contributed by atoms with Gasteiger partial charge in [0, 0.05) is 22.0 Å². The van der Waals surface area contributed by atoms with Gasteiger partial charge in [-0.1, -0.05) is 23.9 Å². The Bertz CT molecular complexity index is 625. The number of nitrogens with zero attached hydrogens (tertiary/aromatic N) is 1. The fraction of sp³-hybridized carbons (Fsp3) is 0.294. The number of nitrogens with one attached hydrogen (secondary N) is 2. The highest BCUT2D eigenvalue weighted by Gasteiger charge is 2.15. The molecule has 1 aliphatic heterocycles. The SMILES string of the molecule is CN(C)CCCNc1ccc2c(c1)Nc1ccccc1S2. The fourth-order valence-electron chi connectivity index (χ4n) is 2.38. The van der Waals surface area contributed by atoms with Gasteiger partial charge in [-0.2, -0.15) is 0 Å². The predicted molar refractivity (Wildman–Crippen MR) is 92.0 cm³/mol. The van der Waals surface area contributed by atoms with Crippen molar-refractivity contribution in [1.82, 2.24) is 4.90 Å². The van der Waals surface area contributed by atoms with Crippen molar-refractivity contribution >= 4 is 28.8 Å². The molecular formula is C17H21N3S. The van der Waals surface area contributed by atoms with Crippen LogP contribution in [0, 0.1) is 0 Å². The van der Waals surface area contributed by atoms with Gasteiger partial charge in [0.15, 0.2) is 0 Å². The first-order chi connectivity index (χ1) is 10.2. The van der Waals surface area contributed by atoms with Crippen LogP contribution in [0.4, 0.5) is 17.1 Å². The van der Waals surface area contributed by atoms with E-state index in [1.165, 1.54) is 26.9 Å². The lowest BCUT2D eigenvalue weighted by molar-refractivity contribution is 0.405. The van der Waals surface area contributed by atoms with Crippen LogP contribution in [0.1, 0.15) is 6.42 Å². The summed E-state index contributed by atoms with van der Waals surface area (Å²) in [5.74, 6) is 0. The minimum Gasteiger partial charge on any atom is -0.385 e. The Hall–Kier alpha value is -1.65. The molecule has 1 aliphatic rings. The molecule has 0 unspecified atom stereocenters. The lowest BCUT2D eigenvalue weighted by atomic mass is 10.2. The van der Waals surface area contributed by atoms with Crippen LogP contribution in [0.25, 0.3) is 0 Å². The van der Waals surface area contributed by atoms with Gasteiger partial charge in [-0.15, -0.1) is 0 Å². The number of para-hydroxylation sites is 1. The Balaban J connectivity index is 1.66. The molecular weight excluding hydrogens is 278 g/mol. The molecule has 0 aromatic heterocycles. The van der Waals surface area contributed by atoms with Crippen LogP contribution in [-0.4, -0.2) is 32.1 Å². The van der Waals surface area contributed by atoms with Crippen LogP contribution in [0.3, 0.4) is 0 Å². The Kier molecular flexibility index (Phi) is 4.36. The minimum atomic E-state index is 1.00. The van der Waals surface area contributed by atoms with E-state index in [1.807, 2.05) is 11.8 Å². The van der Waals surface area contributed by atoms with Crippen molar-refractivity contribution in [3.8, 4) is 0 Å². The van der Waals surface area contributed by atoms with Gasteiger partial charge in [0.25, 0.3) is 0 Å². The smallest absolute Gasteiger partial charge is 0.0547 e. The number of hydrogen-bond donors (Lipinski definition) is 2. The second-order valence-corrected chi connectivity index (χ2v) is 6.60. The topological polar surface area (TPSA) is 27.3 Å². The molecule has 0 saturated heterocycles. The highest BCUT2D eigenvalue weighted by molar-refractivity contribution is 7.99. The van der Waals surface area contributed by atoms with Gasteiger partial charge < -0.3 is 15.5 Å². The van der Waals surface area contributed by atoms with Gasteiger partial charge in [-0.05, 0) is 57.4 Å². The number of fused-ring (bicyclic) bond motifs is 2. The molecule has 0 amide bonds. The summed E-state index contributed by atoms with van der Waals surface area (Å²) in [6.07, 6.45) is 1.15. The molecule has 0 aliphatic carbocycles. The van der Waals surface area contributed by atoms with Gasteiger partial charge in [0.2, 0.25) is 0 Å². The molecule has 0 radical (unpaired) electrons. The van der Waals surface area contributed by atoms with Crippen molar-refractivity contribution in [2.45, 2.75) is 16.2 Å². The summed E-state index contributed by atoms with van der Waals surface area (Å²) in [7, 11) is 4.22. The Morgan fingerprint density at radius 3 is 2.71 bits per heavy atom. The van der Waals surface area contributed by atoms with Crippen molar-refractivity contribution in [2.75, 3.05) is 37.8 Å². The maximum Gasteiger partial charge on any atom is 0.0547 e. The number of hydrogen-bond acceptors (Lipinski definition) is 4. The van der Waals surface area contributed by atoms with E-state index in [4.69, 9.17) is 0 Å². The van der Waals surface area contributed by atoms with E-state index in [0.717, 1.165) is 19.5 Å². The van der Waals surface area contributed by atoms with E-state index in [1.54, 1.807) is 0 Å². The molecule has 1 heterocycles. The molecule has 2 N–H and O–H groups in total. The number of rotatable bonds is 5. The van der Waals surface area contributed by atoms with Gasteiger partial charge in [0.05, 0.1) is 11.4 Å². The summed E-state index contributed by atoms with van der Waals surface area (Å²) in [4.78, 5) is 4.79. The van der Waals surface area contributed by atoms with Crippen LogP contribution in [0.2, 0.25) is 0 Å². The third-order valence-corrected chi connectivity index (χ3v) is 4.62. The molecule has 2 aromatic rings. The van der Waals surface area contributed by atoms with E-state index in [9.17, 15) is 0 Å². The van der Waals surface area contributed by atoms with Crippen molar-refractivity contribution in [3.05, 3.63) is 42.5 Å². The monoisotopic (exact) mass is 299 g/mol. The number of benzene rings is 2. The van der Waals surface area contributed by atoms with Crippen molar-refractivity contribution in [2.24, 2.45) is 0 Å². The third-order valence-electron chi connectivity index (χ3n) is 3.47. The first-order valence-corrected chi connectivity index (χ1v) is 8.10. The summed E-state index contributed by atoms with van der Waals surface area (Å²) in [6.45, 7) is 2.11. The molecule has 3 nitrogen and oxygen atoms in total. The van der Waals surface area contributed by atoms with Crippen LogP contribution >= 0.6 is 11.8 Å². The molecule has 0 fully saturated rings. The quantitative estimate of drug-likeness (QED) is 0.688. The van der Waals surface area contributed by atoms with Crippen LogP contribution in [-0.2, 0) is 0 Å². The van der Waals surface area contributed by atoms with E-state index in [0.29, 0.717) is 0 Å². The molecule has 0 bridgehead atoms. The van der Waals surface area contributed by atoms with E-state index in [2.05, 4.69) is 72.1 Å². The van der Waals surface area contributed by atoms with E-state index in [-0.39, 0.29) is 0 Å². The van der Waals surface area contributed by atoms with Crippen LogP contribution in [0.15, 0.2) is 52.3 Å². The second kappa shape index (κ2) is 6.41. The minimum absolute atomic E-state index is 1.00. The average Bonchev–Trinajstić information content (AvgIpc) is 2.49. The molecule has 3 rings (SSSR count). The average molecular weight is 299 g/mol. The highest BCUT2D eigenvalue weighted by atomic mass is 32.2. The third kappa shape index (κ3) is 3.52. The van der Waals surface area contributed by atoms with Gasteiger partial charge >= 0.3 is 0 Å². The Labute approximate surface area is 130 Å². The van der Waals surface area contributed by atoms with Crippen molar-refractivity contribution < 1.29 is 0 Å². The second-order valence-electron chi connectivity index (χ2n) is 5.52. The summed E-state index contributed by atoms with van der Waals surface area (Å²) in [5.41, 5.74) is 3.57. The molecule has 0 atom stereocenters. The highest BCUT2D eigenvalue weighted by Crippen LogP contribution is 2.44. The molecule has 0 spiro atoms. The van der Waals surface area contributed by atoms with Crippen LogP contribution in [0.5, 0.6) is 0 Å². The summed E-state index contributed by atoms with van der Waals surface area (Å²) in [6, 6.07) is 15.0. The fourth-order valence-corrected chi connectivity index (χ4v) is 3.35. The lowest BCUT2D eigenvalue weighted by Gasteiger charge is -2.21. The zero-order valence-corrected chi connectivity index (χ0v) is 13.3. The van der Waals surface area contributed by atoms with Gasteiger partial charge in [-0.3, -0.25) is 0 Å². The lowest BCUT2D eigenvalue weighted by Crippen LogP contribution is -2.16. The zero-order chi connectivity index (χ0) is 14.7. The maximum absolute atomic E-state index is 3.52. The Morgan fingerprint density at radius 1 is 1.05 bits per heavy atom. The first-order valence-electron chi connectivity index (χ1n) is 7.29. The maximum atomic E-state index is 3.52. The standard InChI is InChI=1S/C17H21N3S/c1-20(2)11-5-10-18-13-8-9-17-15(12-13)19-14-6-3-4-7-16(14)21-17/h3-4,6-9,12,18-19H,5,10-11H2,1-2H3. The van der Waals surface area contributed by atoms with E-state index < -0.39 is 0 Å². The van der Waals surface area contributed by atoms with E-state index >= 15 is 0 Å². The summed E-state index contributed by atoms with van der Waals surface area (Å²) < 4.78 is 0. The molecule has 4 heteroatoms. The summed E-state index contributed by atoms with van der Waals surface area (Å²) >= 11 is 1.83. The first kappa shape index (κ1) is 14.3. The normalized spacial score (nSPS) is 12.5. The Morgan fingerprint density at radius 2 is 1.86 bits per heavy atom. The van der Waals surface area contributed by atoms with Gasteiger partial charge in [0.1, 0.15) is 0 Å². The largest absolute Gasteiger partial charge is 0.385 e. The van der Waals surface area contributed by atoms with Gasteiger partial charge in [-0.25, -0.2) is 0 Å². The summed E-state index contributed by atoms with van der Waals surface area (Å²) in [5, 5.41) is 7.02.